The van der Waals surface area contributed by atoms with Crippen molar-refractivity contribution in [1.29, 1.82) is 0 Å². The summed E-state index contributed by atoms with van der Waals surface area (Å²) in [5.74, 6) is 1.20. The van der Waals surface area contributed by atoms with Crippen molar-refractivity contribution in [3.63, 3.8) is 0 Å². The normalized spacial score (nSPS) is 16.7. The van der Waals surface area contributed by atoms with Crippen LogP contribution in [0.3, 0.4) is 0 Å². The molecule has 0 bridgehead atoms. The van der Waals surface area contributed by atoms with Crippen LogP contribution in [0.4, 0.5) is 5.69 Å². The number of non-ortho nitro benzene ring substituents is 1. The van der Waals surface area contributed by atoms with Gasteiger partial charge in [-0.05, 0) is 48.3 Å². The molecule has 27 heavy (non-hydrogen) atoms. The van der Waals surface area contributed by atoms with Crippen LogP contribution in [-0.4, -0.2) is 24.9 Å². The molecule has 2 aromatic carbocycles. The third-order valence-electron chi connectivity index (χ3n) is 4.42. The molecular weight excluding hydrogens is 346 g/mol. The zero-order valence-electron chi connectivity index (χ0n) is 15.1. The summed E-state index contributed by atoms with van der Waals surface area (Å²) in [6.07, 6.45) is 4.82. The Morgan fingerprint density at radius 3 is 2.15 bits per heavy atom. The van der Waals surface area contributed by atoms with Crippen LogP contribution in [0.15, 0.2) is 53.6 Å². The van der Waals surface area contributed by atoms with Crippen LogP contribution < -0.4 is 9.47 Å². The Kier molecular flexibility index (Phi) is 5.35. The van der Waals surface area contributed by atoms with E-state index in [9.17, 15) is 14.9 Å². The van der Waals surface area contributed by atoms with Crippen molar-refractivity contribution in [2.24, 2.45) is 0 Å². The number of carbonyl (C=O) groups is 1. The van der Waals surface area contributed by atoms with Crippen LogP contribution in [0.25, 0.3) is 12.2 Å². The van der Waals surface area contributed by atoms with Gasteiger partial charge in [0.1, 0.15) is 0 Å². The molecule has 0 amide bonds. The molecule has 1 aliphatic rings. The predicted octanol–water partition coefficient (Wildman–Crippen LogP) is 4.44. The quantitative estimate of drug-likeness (QED) is 0.445. The first-order valence-electron chi connectivity index (χ1n) is 8.44. The highest BCUT2D eigenvalue weighted by Gasteiger charge is 2.23. The van der Waals surface area contributed by atoms with Gasteiger partial charge in [0.15, 0.2) is 17.3 Å². The Morgan fingerprint density at radius 1 is 0.926 bits per heavy atom. The van der Waals surface area contributed by atoms with E-state index in [2.05, 4.69) is 0 Å². The molecule has 0 spiro atoms. The monoisotopic (exact) mass is 365 g/mol. The van der Waals surface area contributed by atoms with Gasteiger partial charge in [0.05, 0.1) is 19.1 Å². The number of nitro benzene ring substituents is 1. The summed E-state index contributed by atoms with van der Waals surface area (Å²) in [6, 6.07) is 11.8. The van der Waals surface area contributed by atoms with E-state index in [0.29, 0.717) is 41.1 Å². The van der Waals surface area contributed by atoms with Gasteiger partial charge in [0.2, 0.25) is 0 Å². The number of methoxy groups -OCH3 is 2. The first-order chi connectivity index (χ1) is 13.0. The Morgan fingerprint density at radius 2 is 1.56 bits per heavy atom. The second-order valence-electron chi connectivity index (χ2n) is 6.13. The van der Waals surface area contributed by atoms with E-state index >= 15 is 0 Å². The minimum absolute atomic E-state index is 0.0101. The van der Waals surface area contributed by atoms with Gasteiger partial charge in [0, 0.05) is 23.3 Å². The molecular formula is C21H19NO5. The lowest BCUT2D eigenvalue weighted by molar-refractivity contribution is -0.384. The van der Waals surface area contributed by atoms with Gasteiger partial charge >= 0.3 is 0 Å². The van der Waals surface area contributed by atoms with Gasteiger partial charge in [-0.25, -0.2) is 0 Å². The van der Waals surface area contributed by atoms with Crippen LogP contribution in [0, 0.1) is 10.1 Å². The number of carbonyl (C=O) groups excluding carboxylic acids is 1. The maximum absolute atomic E-state index is 12.7. The predicted molar refractivity (Wildman–Crippen MR) is 103 cm³/mol. The van der Waals surface area contributed by atoms with Crippen LogP contribution in [0.1, 0.15) is 24.0 Å². The Hall–Kier alpha value is -3.41. The zero-order chi connectivity index (χ0) is 19.4. The number of ether oxygens (including phenoxy) is 2. The fourth-order valence-electron chi connectivity index (χ4n) is 3.05. The number of hydrogen-bond donors (Lipinski definition) is 0. The maximum atomic E-state index is 12.7. The number of Topliss-reactive ketones (excluding diaryl/α,β-unsaturated/α-hetero) is 1. The fourth-order valence-corrected chi connectivity index (χ4v) is 3.05. The molecule has 3 rings (SSSR count). The molecule has 6 heteroatoms. The van der Waals surface area contributed by atoms with Crippen LogP contribution in [0.5, 0.6) is 11.5 Å². The van der Waals surface area contributed by atoms with Crippen molar-refractivity contribution in [3.05, 3.63) is 74.9 Å². The summed E-state index contributed by atoms with van der Waals surface area (Å²) in [6.45, 7) is 0. The summed E-state index contributed by atoms with van der Waals surface area (Å²) < 4.78 is 10.5. The number of hydrogen-bond acceptors (Lipinski definition) is 5. The lowest BCUT2D eigenvalue weighted by atomic mass is 10.1. The minimum atomic E-state index is -0.444. The molecule has 1 saturated carbocycles. The summed E-state index contributed by atoms with van der Waals surface area (Å²) in [4.78, 5) is 23.1. The van der Waals surface area contributed by atoms with Crippen molar-refractivity contribution in [2.75, 3.05) is 14.2 Å². The fraction of sp³-hybridized carbons (Fsp3) is 0.190. The summed E-state index contributed by atoms with van der Waals surface area (Å²) in [5, 5.41) is 10.9. The molecule has 2 aromatic rings. The first-order valence-corrected chi connectivity index (χ1v) is 8.44. The van der Waals surface area contributed by atoms with Gasteiger partial charge < -0.3 is 9.47 Å². The van der Waals surface area contributed by atoms with E-state index < -0.39 is 4.92 Å². The van der Waals surface area contributed by atoms with Crippen molar-refractivity contribution >= 4 is 23.6 Å². The molecule has 0 heterocycles. The number of ketones is 1. The standard InChI is InChI=1S/C21H19NO5/c1-26-19-9-6-15(13-20(19)27-2)11-17-8-7-16(21(17)23)10-14-4-3-5-18(12-14)22(24)25/h3-6,9-13H,7-8H2,1-2H3/b16-10+,17-11-. The Balaban J connectivity index is 1.85. The summed E-state index contributed by atoms with van der Waals surface area (Å²) >= 11 is 0. The molecule has 0 saturated heterocycles. The van der Waals surface area contributed by atoms with Gasteiger partial charge in [0.25, 0.3) is 5.69 Å². The van der Waals surface area contributed by atoms with E-state index in [1.54, 1.807) is 38.5 Å². The third-order valence-corrected chi connectivity index (χ3v) is 4.42. The largest absolute Gasteiger partial charge is 0.493 e. The highest BCUT2D eigenvalue weighted by atomic mass is 16.6. The highest BCUT2D eigenvalue weighted by molar-refractivity contribution is 6.15. The lowest BCUT2D eigenvalue weighted by Gasteiger charge is -2.08. The van der Waals surface area contributed by atoms with Gasteiger partial charge in [-0.3, -0.25) is 14.9 Å². The van der Waals surface area contributed by atoms with Crippen molar-refractivity contribution < 1.29 is 19.2 Å². The van der Waals surface area contributed by atoms with Crippen LogP contribution in [-0.2, 0) is 4.79 Å². The van der Waals surface area contributed by atoms with E-state index in [1.807, 2.05) is 18.2 Å². The molecule has 0 aromatic heterocycles. The highest BCUT2D eigenvalue weighted by Crippen LogP contribution is 2.32. The second-order valence-corrected chi connectivity index (χ2v) is 6.13. The molecule has 0 radical (unpaired) electrons. The summed E-state index contributed by atoms with van der Waals surface area (Å²) in [5.41, 5.74) is 2.88. The van der Waals surface area contributed by atoms with Gasteiger partial charge in [-0.2, -0.15) is 0 Å². The first kappa shape index (κ1) is 18.4. The number of nitro groups is 1. The van der Waals surface area contributed by atoms with Crippen LogP contribution in [0.2, 0.25) is 0 Å². The number of benzene rings is 2. The van der Waals surface area contributed by atoms with Crippen molar-refractivity contribution in [3.8, 4) is 11.5 Å². The van der Waals surface area contributed by atoms with E-state index in [0.717, 1.165) is 5.56 Å². The average Bonchev–Trinajstić information content (AvgIpc) is 3.01. The molecule has 0 atom stereocenters. The molecule has 0 N–H and O–H groups in total. The van der Waals surface area contributed by atoms with Crippen molar-refractivity contribution in [1.82, 2.24) is 0 Å². The number of rotatable bonds is 5. The smallest absolute Gasteiger partial charge is 0.270 e. The van der Waals surface area contributed by atoms with Gasteiger partial charge in [-0.15, -0.1) is 0 Å². The second kappa shape index (κ2) is 7.86. The topological polar surface area (TPSA) is 78.7 Å². The molecule has 6 nitrogen and oxygen atoms in total. The van der Waals surface area contributed by atoms with Crippen molar-refractivity contribution in [2.45, 2.75) is 12.8 Å². The average molecular weight is 365 g/mol. The van der Waals surface area contributed by atoms with E-state index in [1.165, 1.54) is 12.1 Å². The number of allylic oxidation sites excluding steroid dienone is 2. The SMILES string of the molecule is COc1ccc(/C=C2/CC/C(=C\c3cccc([N+](=O)[O-])c3)C2=O)cc1OC. The van der Waals surface area contributed by atoms with E-state index in [4.69, 9.17) is 9.47 Å². The third kappa shape index (κ3) is 4.06. The van der Waals surface area contributed by atoms with E-state index in [-0.39, 0.29) is 11.5 Å². The zero-order valence-corrected chi connectivity index (χ0v) is 15.1. The Bertz CT molecular complexity index is 959. The lowest BCUT2D eigenvalue weighted by Crippen LogP contribution is -1.96. The summed E-state index contributed by atoms with van der Waals surface area (Å²) in [7, 11) is 3.14. The maximum Gasteiger partial charge on any atom is 0.270 e. The minimum Gasteiger partial charge on any atom is -0.493 e. The number of nitrogens with zero attached hydrogens (tertiary/aromatic N) is 1. The van der Waals surface area contributed by atoms with Gasteiger partial charge in [-0.1, -0.05) is 18.2 Å². The molecule has 1 aliphatic carbocycles. The Labute approximate surface area is 156 Å². The molecule has 1 fully saturated rings. The molecule has 0 aliphatic heterocycles. The molecule has 0 unspecified atom stereocenters. The van der Waals surface area contributed by atoms with Crippen LogP contribution >= 0.6 is 0 Å². The molecule has 138 valence electrons.